The molecule has 1 aromatic carbocycles. The number of sulfone groups is 1. The van der Waals surface area contributed by atoms with Gasteiger partial charge in [0.25, 0.3) is 9.84 Å². The molecular weight excluding hydrogens is 749 g/mol. The van der Waals surface area contributed by atoms with Gasteiger partial charge < -0.3 is 34.3 Å². The van der Waals surface area contributed by atoms with Crippen LogP contribution in [-0.2, 0) is 28.8 Å². The van der Waals surface area contributed by atoms with Crippen LogP contribution in [0, 0.1) is 34.3 Å². The second-order valence-electron chi connectivity index (χ2n) is 11.0. The van der Waals surface area contributed by atoms with Gasteiger partial charge in [0.05, 0.1) is 52.8 Å². The van der Waals surface area contributed by atoms with Gasteiger partial charge in [-0.15, -0.1) is 0 Å². The number of carboxylic acid groups (broad SMARTS) is 1. The standard InChI is InChI=1S/C9H11NO3.C9H9NO2S.C8H11NO2.C7H7NO3.C6H10O2/c1-3-13-9(12)7-4-10-8(5-11)6(7)2;1-8-3-5-9(6-4-8)13(11,12)7-10-2;1-3-11-8(10)7-5-9-4-6(7)2;1-4-5(7(10)11)2-8-6(4)3-9;1-3-5-6(7)8-4-2/h4-5,10H,3H2,1-2H3;3-6H,7H2,1H3;4-5,9H,3H2,1-2H3;2-3,8H,1H3,(H,10,11);3,5H,4H2,1-2H3/b;;;;5-3+. The van der Waals surface area contributed by atoms with Crippen LogP contribution >= 0.6 is 0 Å². The van der Waals surface area contributed by atoms with E-state index >= 15 is 0 Å². The van der Waals surface area contributed by atoms with Crippen molar-refractivity contribution in [3.8, 4) is 0 Å². The van der Waals surface area contributed by atoms with E-state index in [9.17, 15) is 37.2 Å². The van der Waals surface area contributed by atoms with Gasteiger partial charge in [-0.25, -0.2) is 34.2 Å². The Bertz CT molecular complexity index is 2070. The Morgan fingerprint density at radius 3 is 1.61 bits per heavy atom. The largest absolute Gasteiger partial charge is 0.478 e. The molecule has 0 aliphatic carbocycles. The van der Waals surface area contributed by atoms with Crippen molar-refractivity contribution in [2.75, 3.05) is 25.7 Å². The second kappa shape index (κ2) is 26.3. The maximum Gasteiger partial charge on any atom is 0.339 e. The molecule has 4 aromatic rings. The van der Waals surface area contributed by atoms with Crippen molar-refractivity contribution in [1.82, 2.24) is 15.0 Å². The smallest absolute Gasteiger partial charge is 0.339 e. The minimum absolute atomic E-state index is 0.145. The molecule has 56 heavy (non-hydrogen) atoms. The normalized spacial score (nSPS) is 9.91. The maximum atomic E-state index is 11.3. The van der Waals surface area contributed by atoms with E-state index in [1.165, 1.54) is 30.6 Å². The van der Waals surface area contributed by atoms with Gasteiger partial charge in [0.2, 0.25) is 0 Å². The van der Waals surface area contributed by atoms with E-state index in [1.54, 1.807) is 72.1 Å². The Hall–Kier alpha value is -6.54. The summed E-state index contributed by atoms with van der Waals surface area (Å²) in [5.41, 5.74) is 4.96. The molecule has 4 N–H and O–H groups in total. The highest BCUT2D eigenvalue weighted by Gasteiger charge is 2.17. The zero-order valence-electron chi connectivity index (χ0n) is 32.6. The summed E-state index contributed by atoms with van der Waals surface area (Å²) in [6.45, 7) is 21.8. The highest BCUT2D eigenvalue weighted by Crippen LogP contribution is 2.13. The molecule has 0 aliphatic rings. The molecule has 0 aliphatic heterocycles. The Morgan fingerprint density at radius 1 is 0.750 bits per heavy atom. The molecule has 3 aromatic heterocycles. The summed E-state index contributed by atoms with van der Waals surface area (Å²) < 4.78 is 36.8. The van der Waals surface area contributed by atoms with Gasteiger partial charge in [-0.2, -0.15) is 0 Å². The van der Waals surface area contributed by atoms with Crippen molar-refractivity contribution in [2.45, 2.75) is 60.3 Å². The van der Waals surface area contributed by atoms with Crippen LogP contribution < -0.4 is 0 Å². The van der Waals surface area contributed by atoms with Gasteiger partial charge in [-0.3, -0.25) is 14.4 Å². The summed E-state index contributed by atoms with van der Waals surface area (Å²) >= 11 is 0. The van der Waals surface area contributed by atoms with Crippen LogP contribution in [0.15, 0.2) is 66.1 Å². The van der Waals surface area contributed by atoms with Crippen molar-refractivity contribution in [3.63, 3.8) is 0 Å². The maximum absolute atomic E-state index is 11.3. The molecule has 0 atom stereocenters. The molecule has 0 radical (unpaired) electrons. The minimum Gasteiger partial charge on any atom is -0.478 e. The molecule has 3 heterocycles. The molecule has 0 saturated heterocycles. The molecule has 0 saturated carbocycles. The minimum atomic E-state index is -3.38. The van der Waals surface area contributed by atoms with Crippen LogP contribution in [0.2, 0.25) is 0 Å². The Morgan fingerprint density at radius 2 is 1.23 bits per heavy atom. The molecule has 0 bridgehead atoms. The van der Waals surface area contributed by atoms with E-state index in [4.69, 9.17) is 21.2 Å². The topological polar surface area (TPSA) is 236 Å². The summed E-state index contributed by atoms with van der Waals surface area (Å²) in [5, 5.41) is 8.54. The van der Waals surface area contributed by atoms with Gasteiger partial charge in [-0.05, 0) is 84.2 Å². The van der Waals surface area contributed by atoms with Gasteiger partial charge in [-0.1, -0.05) is 23.8 Å². The Labute approximate surface area is 326 Å². The molecule has 0 fully saturated rings. The highest BCUT2D eigenvalue weighted by molar-refractivity contribution is 7.91. The zero-order valence-corrected chi connectivity index (χ0v) is 33.4. The molecule has 17 heteroatoms. The van der Waals surface area contributed by atoms with Crippen molar-refractivity contribution in [2.24, 2.45) is 0 Å². The van der Waals surface area contributed by atoms with Crippen LogP contribution in [0.4, 0.5) is 0 Å². The van der Waals surface area contributed by atoms with E-state index in [2.05, 4.69) is 24.5 Å². The molecule has 0 spiro atoms. The van der Waals surface area contributed by atoms with Crippen LogP contribution in [0.1, 0.15) is 102 Å². The molecule has 4 rings (SSSR count). The third-order valence-corrected chi connectivity index (χ3v) is 8.43. The molecular formula is C39H48N4O12S. The Kier molecular flexibility index (Phi) is 23.2. The van der Waals surface area contributed by atoms with Crippen LogP contribution in [-0.4, -0.2) is 90.6 Å². The first-order chi connectivity index (χ1) is 26.5. The van der Waals surface area contributed by atoms with Gasteiger partial charge >= 0.3 is 29.8 Å². The first kappa shape index (κ1) is 49.5. The predicted octanol–water partition coefficient (Wildman–Crippen LogP) is 6.42. The van der Waals surface area contributed by atoms with Gasteiger partial charge in [0, 0.05) is 30.9 Å². The summed E-state index contributed by atoms with van der Waals surface area (Å²) in [4.78, 5) is 74.9. The summed E-state index contributed by atoms with van der Waals surface area (Å²) in [6, 6.07) is 6.49. The number of aryl methyl sites for hydroxylation is 2. The second-order valence-corrected chi connectivity index (χ2v) is 12.9. The average Bonchev–Trinajstić information content (AvgIpc) is 3.87. The van der Waals surface area contributed by atoms with E-state index in [0.29, 0.717) is 66.0 Å². The third-order valence-electron chi connectivity index (χ3n) is 6.97. The van der Waals surface area contributed by atoms with Crippen molar-refractivity contribution in [1.29, 1.82) is 0 Å². The van der Waals surface area contributed by atoms with E-state index in [1.807, 2.05) is 13.8 Å². The quantitative estimate of drug-likeness (QED) is 0.0423. The monoisotopic (exact) mass is 796 g/mol. The summed E-state index contributed by atoms with van der Waals surface area (Å²) in [5.74, 6) is -2.42. The number of carbonyl (C=O) groups is 6. The molecule has 0 unspecified atom stereocenters. The number of aromatic nitrogens is 3. The van der Waals surface area contributed by atoms with Crippen LogP contribution in [0.25, 0.3) is 4.85 Å². The lowest BCUT2D eigenvalue weighted by atomic mass is 10.2. The third kappa shape index (κ3) is 17.1. The number of nitrogens with one attached hydrogen (secondary N) is 3. The molecule has 16 nitrogen and oxygen atoms in total. The van der Waals surface area contributed by atoms with Crippen LogP contribution in [0.5, 0.6) is 0 Å². The molecule has 0 amide bonds. The molecule has 302 valence electrons. The number of aldehydes is 2. The predicted molar refractivity (Wildman–Crippen MR) is 208 cm³/mol. The lowest BCUT2D eigenvalue weighted by molar-refractivity contribution is -0.137. The number of ether oxygens (including phenoxy) is 3. The number of aromatic carboxylic acids is 1. The van der Waals surface area contributed by atoms with Gasteiger partial charge in [0.1, 0.15) is 0 Å². The fourth-order valence-corrected chi connectivity index (χ4v) is 4.88. The number of benzene rings is 1. The average molecular weight is 797 g/mol. The highest BCUT2D eigenvalue weighted by atomic mass is 32.2. The number of nitrogens with zero attached hydrogens (tertiary/aromatic N) is 1. The zero-order chi connectivity index (χ0) is 42.8. The van der Waals surface area contributed by atoms with E-state index < -0.39 is 27.7 Å². The number of aromatic amines is 3. The fourth-order valence-electron chi connectivity index (χ4n) is 4.01. The number of hydrogen-bond acceptors (Lipinski definition) is 11. The van der Waals surface area contributed by atoms with E-state index in [0.717, 1.165) is 11.1 Å². The number of carbonyl (C=O) groups excluding carboxylic acids is 5. The fraction of sp³-hybridized carbons (Fsp3) is 0.308. The van der Waals surface area contributed by atoms with Gasteiger partial charge in [0.15, 0.2) is 12.6 Å². The van der Waals surface area contributed by atoms with Crippen LogP contribution in [0.3, 0.4) is 0 Å². The Balaban J connectivity index is 0.000000682. The number of carboxylic acids is 1. The van der Waals surface area contributed by atoms with Crippen molar-refractivity contribution < 1.29 is 56.5 Å². The van der Waals surface area contributed by atoms with E-state index in [-0.39, 0.29) is 22.4 Å². The lowest BCUT2D eigenvalue weighted by Crippen LogP contribution is -2.04. The lowest BCUT2D eigenvalue weighted by Gasteiger charge is -1.99. The summed E-state index contributed by atoms with van der Waals surface area (Å²) in [6.07, 6.45) is 10.5. The number of rotatable bonds is 11. The van der Waals surface area contributed by atoms with Crippen molar-refractivity contribution in [3.05, 3.63) is 123 Å². The summed E-state index contributed by atoms with van der Waals surface area (Å²) in [7, 11) is -3.38. The van der Waals surface area contributed by atoms with Crippen molar-refractivity contribution >= 4 is 46.3 Å². The number of H-pyrrole nitrogens is 3. The number of hydrogen-bond donors (Lipinski definition) is 4. The SMILES string of the molecule is C/C=C/C(=O)OCC.CCOC(=O)c1c[nH]c(C=O)c1C.CCOC(=O)c1c[nH]cc1C.Cc1c(C(=O)O)c[nH]c1C=O.[C-]#[N+]CS(=O)(=O)c1ccc(C)cc1. The first-order valence-corrected chi connectivity index (χ1v) is 18.5. The number of esters is 3. The number of allylic oxidation sites excluding steroid dienone is 1. The first-order valence-electron chi connectivity index (χ1n) is 16.9.